The van der Waals surface area contributed by atoms with Crippen LogP contribution in [0.1, 0.15) is 20.7 Å². The van der Waals surface area contributed by atoms with Crippen LogP contribution in [0.5, 0.6) is 28.7 Å². The van der Waals surface area contributed by atoms with Gasteiger partial charge in [0.1, 0.15) is 0 Å². The van der Waals surface area contributed by atoms with E-state index in [1.165, 1.54) is 46.6 Å². The van der Waals surface area contributed by atoms with E-state index < -0.39 is 10.1 Å². The van der Waals surface area contributed by atoms with Crippen molar-refractivity contribution in [1.29, 1.82) is 0 Å². The normalized spacial score (nSPS) is 10.8. The zero-order valence-electron chi connectivity index (χ0n) is 16.5. The maximum Gasteiger partial charge on any atom is 0.306 e. The van der Waals surface area contributed by atoms with E-state index in [0.717, 1.165) is 6.26 Å². The van der Waals surface area contributed by atoms with Crippen molar-refractivity contribution in [2.24, 2.45) is 0 Å². The van der Waals surface area contributed by atoms with Crippen molar-refractivity contribution in [1.82, 2.24) is 0 Å². The molecular formula is C19H20O9S. The van der Waals surface area contributed by atoms with Gasteiger partial charge in [-0.2, -0.15) is 8.42 Å². The topological polar surface area (TPSA) is 114 Å². The van der Waals surface area contributed by atoms with Crippen LogP contribution in [0, 0.1) is 0 Å². The summed E-state index contributed by atoms with van der Waals surface area (Å²) < 4.78 is 49.5. The Bertz CT molecular complexity index is 1040. The summed E-state index contributed by atoms with van der Waals surface area (Å²) in [6, 6.07) is 4.31. The minimum absolute atomic E-state index is 0.0216. The van der Waals surface area contributed by atoms with Crippen LogP contribution in [0.2, 0.25) is 0 Å². The highest BCUT2D eigenvalue weighted by Crippen LogP contribution is 2.49. The maximum atomic E-state index is 11.9. The highest BCUT2D eigenvalue weighted by Gasteiger charge is 2.27. The van der Waals surface area contributed by atoms with Crippen LogP contribution in [0.4, 0.5) is 0 Å². The minimum Gasteiger partial charge on any atom is -0.493 e. The lowest BCUT2D eigenvalue weighted by molar-refractivity contribution is 0.111. The third-order valence-electron chi connectivity index (χ3n) is 3.99. The number of rotatable bonds is 9. The summed E-state index contributed by atoms with van der Waals surface area (Å²) in [5.74, 6) is 0.259. The molecule has 0 aliphatic carbocycles. The molecule has 29 heavy (non-hydrogen) atoms. The van der Waals surface area contributed by atoms with E-state index in [1.807, 2.05) is 0 Å². The fraction of sp³-hybridized carbons (Fsp3) is 0.263. The van der Waals surface area contributed by atoms with Crippen molar-refractivity contribution in [3.8, 4) is 39.9 Å². The lowest BCUT2D eigenvalue weighted by atomic mass is 9.93. The Morgan fingerprint density at radius 1 is 0.793 bits per heavy atom. The Morgan fingerprint density at radius 3 is 1.86 bits per heavy atom. The molecule has 0 N–H and O–H groups in total. The largest absolute Gasteiger partial charge is 0.493 e. The summed E-state index contributed by atoms with van der Waals surface area (Å²) in [5.41, 5.74) is 0.351. The number of carbonyl (C=O) groups excluding carboxylic acids is 2. The van der Waals surface area contributed by atoms with Gasteiger partial charge in [-0.3, -0.25) is 9.59 Å². The molecule has 10 heteroatoms. The Balaban J connectivity index is 2.99. The van der Waals surface area contributed by atoms with Gasteiger partial charge in [0.25, 0.3) is 0 Å². The summed E-state index contributed by atoms with van der Waals surface area (Å²) in [5, 5.41) is 0. The molecule has 156 valence electrons. The molecule has 0 amide bonds. The van der Waals surface area contributed by atoms with Crippen LogP contribution in [0.3, 0.4) is 0 Å². The van der Waals surface area contributed by atoms with E-state index >= 15 is 0 Å². The Labute approximate surface area is 168 Å². The molecule has 0 aliphatic rings. The third-order valence-corrected chi connectivity index (χ3v) is 4.46. The number of carbonyl (C=O) groups is 2. The summed E-state index contributed by atoms with van der Waals surface area (Å²) in [6.45, 7) is 0. The van der Waals surface area contributed by atoms with E-state index in [2.05, 4.69) is 0 Å². The quantitative estimate of drug-likeness (QED) is 0.442. The molecular weight excluding hydrogens is 404 g/mol. The SMILES string of the molecule is COc1ccc(-c2c(C=O)cc(OC)c(OC)c2OC)c(C=O)c1OS(C)(=O)=O. The lowest BCUT2D eigenvalue weighted by Gasteiger charge is -2.20. The molecule has 0 radical (unpaired) electrons. The lowest BCUT2D eigenvalue weighted by Crippen LogP contribution is -2.10. The van der Waals surface area contributed by atoms with Gasteiger partial charge in [0, 0.05) is 16.7 Å². The molecule has 0 aromatic heterocycles. The highest BCUT2D eigenvalue weighted by molar-refractivity contribution is 7.86. The molecule has 0 bridgehead atoms. The molecule has 2 rings (SSSR count). The monoisotopic (exact) mass is 424 g/mol. The van der Waals surface area contributed by atoms with Crippen molar-refractivity contribution in [2.75, 3.05) is 34.7 Å². The van der Waals surface area contributed by atoms with E-state index in [9.17, 15) is 18.0 Å². The first-order valence-corrected chi connectivity index (χ1v) is 9.92. The molecule has 0 aliphatic heterocycles. The van der Waals surface area contributed by atoms with Gasteiger partial charge in [-0.05, 0) is 18.2 Å². The van der Waals surface area contributed by atoms with Crippen molar-refractivity contribution in [3.63, 3.8) is 0 Å². The number of hydrogen-bond donors (Lipinski definition) is 0. The smallest absolute Gasteiger partial charge is 0.306 e. The maximum absolute atomic E-state index is 11.9. The number of hydrogen-bond acceptors (Lipinski definition) is 9. The summed E-state index contributed by atoms with van der Waals surface area (Å²) in [4.78, 5) is 23.7. The predicted molar refractivity (Wildman–Crippen MR) is 104 cm³/mol. The molecule has 2 aromatic rings. The molecule has 0 saturated heterocycles. The molecule has 0 atom stereocenters. The van der Waals surface area contributed by atoms with Crippen molar-refractivity contribution in [2.45, 2.75) is 0 Å². The van der Waals surface area contributed by atoms with E-state index in [-0.39, 0.29) is 51.0 Å². The molecule has 0 unspecified atom stereocenters. The Kier molecular flexibility index (Phi) is 6.70. The van der Waals surface area contributed by atoms with Crippen LogP contribution in [0.25, 0.3) is 11.1 Å². The van der Waals surface area contributed by atoms with Crippen molar-refractivity contribution < 1.29 is 41.1 Å². The minimum atomic E-state index is -3.98. The summed E-state index contributed by atoms with van der Waals surface area (Å²) >= 11 is 0. The van der Waals surface area contributed by atoms with Crippen molar-refractivity contribution in [3.05, 3.63) is 29.3 Å². The second-order valence-corrected chi connectivity index (χ2v) is 7.27. The second-order valence-electron chi connectivity index (χ2n) is 5.69. The van der Waals surface area contributed by atoms with Gasteiger partial charge < -0.3 is 23.1 Å². The van der Waals surface area contributed by atoms with Gasteiger partial charge >= 0.3 is 10.1 Å². The number of ether oxygens (including phenoxy) is 4. The number of methoxy groups -OCH3 is 4. The van der Waals surface area contributed by atoms with Gasteiger partial charge in [-0.25, -0.2) is 0 Å². The summed E-state index contributed by atoms with van der Waals surface area (Å²) in [6.07, 6.45) is 1.79. The standard InChI is InChI=1S/C19H20O9S/c1-24-14-7-6-12(13(10-21)17(14)28-29(5,22)23)16-11(9-20)8-15(25-2)18(26-3)19(16)27-4/h6-10H,1-5H3. The molecule has 2 aromatic carbocycles. The fourth-order valence-electron chi connectivity index (χ4n) is 2.86. The molecule has 0 heterocycles. The van der Waals surface area contributed by atoms with Crippen LogP contribution in [-0.2, 0) is 10.1 Å². The van der Waals surface area contributed by atoms with Crippen LogP contribution >= 0.6 is 0 Å². The van der Waals surface area contributed by atoms with Crippen molar-refractivity contribution >= 4 is 22.7 Å². The second kappa shape index (κ2) is 8.82. The van der Waals surface area contributed by atoms with Gasteiger partial charge in [0.2, 0.25) is 5.75 Å². The van der Waals surface area contributed by atoms with Gasteiger partial charge in [0.05, 0.1) is 40.3 Å². The van der Waals surface area contributed by atoms with Crippen LogP contribution < -0.4 is 23.1 Å². The molecule has 9 nitrogen and oxygen atoms in total. The van der Waals surface area contributed by atoms with Gasteiger partial charge in [-0.1, -0.05) is 0 Å². The molecule has 0 saturated carbocycles. The average Bonchev–Trinajstić information content (AvgIpc) is 2.70. The van der Waals surface area contributed by atoms with E-state index in [4.69, 9.17) is 23.1 Å². The zero-order valence-corrected chi connectivity index (χ0v) is 17.3. The third kappa shape index (κ3) is 4.27. The first-order valence-electron chi connectivity index (χ1n) is 8.10. The average molecular weight is 424 g/mol. The fourth-order valence-corrected chi connectivity index (χ4v) is 3.33. The molecule has 0 spiro atoms. The first-order chi connectivity index (χ1) is 13.8. The Morgan fingerprint density at radius 2 is 1.41 bits per heavy atom. The summed E-state index contributed by atoms with van der Waals surface area (Å²) in [7, 11) is 1.46. The zero-order chi connectivity index (χ0) is 21.8. The van der Waals surface area contributed by atoms with E-state index in [1.54, 1.807) is 0 Å². The Hall–Kier alpha value is -3.27. The first kappa shape index (κ1) is 22.0. The van der Waals surface area contributed by atoms with E-state index in [0.29, 0.717) is 12.6 Å². The van der Waals surface area contributed by atoms with Gasteiger partial charge in [-0.15, -0.1) is 0 Å². The number of aldehydes is 2. The molecule has 0 fully saturated rings. The predicted octanol–water partition coefficient (Wildman–Crippen LogP) is 2.35. The number of benzene rings is 2. The van der Waals surface area contributed by atoms with Crippen LogP contribution in [-0.4, -0.2) is 55.7 Å². The highest BCUT2D eigenvalue weighted by atomic mass is 32.2. The van der Waals surface area contributed by atoms with Gasteiger partial charge in [0.15, 0.2) is 35.6 Å². The van der Waals surface area contributed by atoms with Crippen LogP contribution in [0.15, 0.2) is 18.2 Å².